The SMILES string of the molecule is C=C(C)C(C)(C=CC(C)=O)c1ccccc1. The summed E-state index contributed by atoms with van der Waals surface area (Å²) in [6.45, 7) is 9.63. The van der Waals surface area contributed by atoms with Gasteiger partial charge in [0.15, 0.2) is 5.78 Å². The summed E-state index contributed by atoms with van der Waals surface area (Å²) in [6, 6.07) is 10.1. The van der Waals surface area contributed by atoms with Gasteiger partial charge in [0.25, 0.3) is 0 Å². The zero-order valence-electron chi connectivity index (χ0n) is 10.2. The number of carbonyl (C=O) groups excluding carboxylic acids is 1. The Labute approximate surface area is 97.5 Å². The lowest BCUT2D eigenvalue weighted by atomic mass is 9.77. The summed E-state index contributed by atoms with van der Waals surface area (Å²) in [7, 11) is 0. The van der Waals surface area contributed by atoms with Crippen LogP contribution in [0.2, 0.25) is 0 Å². The quantitative estimate of drug-likeness (QED) is 0.552. The smallest absolute Gasteiger partial charge is 0.152 e. The summed E-state index contributed by atoms with van der Waals surface area (Å²) in [6.07, 6.45) is 3.54. The van der Waals surface area contributed by atoms with Gasteiger partial charge in [0, 0.05) is 5.41 Å². The number of ketones is 1. The molecule has 0 aliphatic heterocycles. The minimum absolute atomic E-state index is 0.0587. The Kier molecular flexibility index (Phi) is 3.83. The molecule has 0 aromatic heterocycles. The van der Waals surface area contributed by atoms with Crippen molar-refractivity contribution in [1.82, 2.24) is 0 Å². The fraction of sp³-hybridized carbons (Fsp3) is 0.267. The summed E-state index contributed by atoms with van der Waals surface area (Å²) in [4.78, 5) is 11.0. The second kappa shape index (κ2) is 4.93. The van der Waals surface area contributed by atoms with Crippen molar-refractivity contribution < 1.29 is 4.79 Å². The van der Waals surface area contributed by atoms with Crippen LogP contribution in [0, 0.1) is 0 Å². The lowest BCUT2D eigenvalue weighted by Gasteiger charge is -2.27. The highest BCUT2D eigenvalue weighted by molar-refractivity contribution is 5.87. The molecule has 1 aromatic carbocycles. The number of benzene rings is 1. The molecule has 0 heterocycles. The van der Waals surface area contributed by atoms with Crippen molar-refractivity contribution in [2.45, 2.75) is 26.2 Å². The van der Waals surface area contributed by atoms with Gasteiger partial charge in [-0.1, -0.05) is 48.6 Å². The largest absolute Gasteiger partial charge is 0.295 e. The number of carbonyl (C=O) groups is 1. The van der Waals surface area contributed by atoms with Crippen LogP contribution in [0.3, 0.4) is 0 Å². The van der Waals surface area contributed by atoms with Crippen LogP contribution in [0.1, 0.15) is 26.3 Å². The fourth-order valence-corrected chi connectivity index (χ4v) is 1.55. The molecule has 0 saturated carbocycles. The molecule has 1 heteroatoms. The van der Waals surface area contributed by atoms with Gasteiger partial charge in [0.2, 0.25) is 0 Å². The van der Waals surface area contributed by atoms with Gasteiger partial charge < -0.3 is 0 Å². The number of allylic oxidation sites excluding steroid dienone is 3. The van der Waals surface area contributed by atoms with Gasteiger partial charge in [-0.3, -0.25) is 4.79 Å². The van der Waals surface area contributed by atoms with Crippen molar-refractivity contribution in [3.05, 3.63) is 60.2 Å². The molecular formula is C15H18O. The van der Waals surface area contributed by atoms with Gasteiger partial charge >= 0.3 is 0 Å². The maximum Gasteiger partial charge on any atom is 0.152 e. The maximum absolute atomic E-state index is 11.0. The zero-order valence-corrected chi connectivity index (χ0v) is 10.2. The number of hydrogen-bond donors (Lipinski definition) is 0. The molecule has 1 aromatic rings. The molecule has 0 saturated heterocycles. The summed E-state index contributed by atoms with van der Waals surface area (Å²) in [5, 5.41) is 0. The van der Waals surface area contributed by atoms with E-state index < -0.39 is 0 Å². The van der Waals surface area contributed by atoms with Crippen molar-refractivity contribution in [2.24, 2.45) is 0 Å². The van der Waals surface area contributed by atoms with Gasteiger partial charge in [0.1, 0.15) is 0 Å². The predicted molar refractivity (Wildman–Crippen MR) is 68.4 cm³/mol. The third-order valence-electron chi connectivity index (χ3n) is 2.91. The molecule has 0 aliphatic rings. The second-order valence-corrected chi connectivity index (χ2v) is 4.29. The minimum Gasteiger partial charge on any atom is -0.295 e. The highest BCUT2D eigenvalue weighted by atomic mass is 16.1. The van der Waals surface area contributed by atoms with Crippen LogP contribution in [0.4, 0.5) is 0 Å². The molecule has 0 radical (unpaired) electrons. The van der Waals surface area contributed by atoms with Crippen molar-refractivity contribution in [3.63, 3.8) is 0 Å². The van der Waals surface area contributed by atoms with Crippen molar-refractivity contribution in [1.29, 1.82) is 0 Å². The van der Waals surface area contributed by atoms with E-state index in [1.54, 1.807) is 13.0 Å². The van der Waals surface area contributed by atoms with Crippen LogP contribution in [0.25, 0.3) is 0 Å². The van der Waals surface area contributed by atoms with Crippen LogP contribution >= 0.6 is 0 Å². The lowest BCUT2D eigenvalue weighted by Crippen LogP contribution is -2.20. The van der Waals surface area contributed by atoms with Crippen LogP contribution in [-0.4, -0.2) is 5.78 Å². The van der Waals surface area contributed by atoms with Crippen LogP contribution in [0.5, 0.6) is 0 Å². The Hall–Kier alpha value is -1.63. The van der Waals surface area contributed by atoms with Crippen LogP contribution in [0.15, 0.2) is 54.6 Å². The van der Waals surface area contributed by atoms with Crippen LogP contribution < -0.4 is 0 Å². The van der Waals surface area contributed by atoms with E-state index in [0.717, 1.165) is 11.1 Å². The van der Waals surface area contributed by atoms with E-state index in [2.05, 4.69) is 25.6 Å². The van der Waals surface area contributed by atoms with E-state index in [1.165, 1.54) is 0 Å². The highest BCUT2D eigenvalue weighted by Gasteiger charge is 2.23. The topological polar surface area (TPSA) is 17.1 Å². The highest BCUT2D eigenvalue weighted by Crippen LogP contribution is 2.32. The van der Waals surface area contributed by atoms with E-state index in [0.29, 0.717) is 0 Å². The average Bonchev–Trinajstić information content (AvgIpc) is 2.26. The fourth-order valence-electron chi connectivity index (χ4n) is 1.55. The molecule has 0 fully saturated rings. The Bertz CT molecular complexity index is 414. The zero-order chi connectivity index (χ0) is 12.2. The second-order valence-electron chi connectivity index (χ2n) is 4.29. The van der Waals surface area contributed by atoms with Crippen LogP contribution in [-0.2, 0) is 10.2 Å². The predicted octanol–water partition coefficient (Wildman–Crippen LogP) is 3.67. The van der Waals surface area contributed by atoms with Gasteiger partial charge in [-0.2, -0.15) is 0 Å². The Morgan fingerprint density at radius 1 is 1.25 bits per heavy atom. The Morgan fingerprint density at radius 2 is 1.81 bits per heavy atom. The third kappa shape index (κ3) is 2.69. The van der Waals surface area contributed by atoms with Crippen molar-refractivity contribution in [3.8, 4) is 0 Å². The summed E-state index contributed by atoms with van der Waals surface area (Å²) in [5.74, 6) is 0.0587. The molecule has 0 bridgehead atoms. The summed E-state index contributed by atoms with van der Waals surface area (Å²) < 4.78 is 0. The van der Waals surface area contributed by atoms with E-state index in [9.17, 15) is 4.79 Å². The summed E-state index contributed by atoms with van der Waals surface area (Å²) >= 11 is 0. The normalized spacial score (nSPS) is 14.7. The monoisotopic (exact) mass is 214 g/mol. The first kappa shape index (κ1) is 12.4. The minimum atomic E-state index is -0.271. The Morgan fingerprint density at radius 3 is 2.25 bits per heavy atom. The molecule has 84 valence electrons. The van der Waals surface area contributed by atoms with Crippen molar-refractivity contribution in [2.75, 3.05) is 0 Å². The molecule has 16 heavy (non-hydrogen) atoms. The van der Waals surface area contributed by atoms with Gasteiger partial charge in [0.05, 0.1) is 0 Å². The molecule has 0 aliphatic carbocycles. The van der Waals surface area contributed by atoms with E-state index in [4.69, 9.17) is 0 Å². The lowest BCUT2D eigenvalue weighted by molar-refractivity contribution is -0.112. The molecule has 1 rings (SSSR count). The number of hydrogen-bond acceptors (Lipinski definition) is 1. The molecular weight excluding hydrogens is 196 g/mol. The first-order valence-corrected chi connectivity index (χ1v) is 5.38. The average molecular weight is 214 g/mol. The number of rotatable bonds is 4. The first-order chi connectivity index (χ1) is 7.47. The standard InChI is InChI=1S/C15H18O/c1-12(2)15(4,11-10-13(3)16)14-8-6-5-7-9-14/h5-11H,1H2,2-4H3. The van der Waals surface area contributed by atoms with Gasteiger partial charge in [-0.25, -0.2) is 0 Å². The molecule has 1 unspecified atom stereocenters. The van der Waals surface area contributed by atoms with Crippen molar-refractivity contribution >= 4 is 5.78 Å². The van der Waals surface area contributed by atoms with E-state index in [1.807, 2.05) is 31.2 Å². The maximum atomic E-state index is 11.0. The van der Waals surface area contributed by atoms with Gasteiger partial charge in [-0.05, 0) is 32.4 Å². The van der Waals surface area contributed by atoms with E-state index >= 15 is 0 Å². The molecule has 0 N–H and O–H groups in total. The first-order valence-electron chi connectivity index (χ1n) is 5.38. The van der Waals surface area contributed by atoms with Gasteiger partial charge in [-0.15, -0.1) is 0 Å². The third-order valence-corrected chi connectivity index (χ3v) is 2.91. The Balaban J connectivity index is 3.17. The molecule has 0 spiro atoms. The molecule has 1 nitrogen and oxygen atoms in total. The molecule has 0 amide bonds. The summed E-state index contributed by atoms with van der Waals surface area (Å²) in [5.41, 5.74) is 1.91. The molecule has 1 atom stereocenters. The van der Waals surface area contributed by atoms with E-state index in [-0.39, 0.29) is 11.2 Å².